The largest absolute Gasteiger partial charge is 0.416 e. The number of anilines is 2. The Balaban J connectivity index is 2.36. The van der Waals surface area contributed by atoms with Crippen LogP contribution in [0.15, 0.2) is 41.5 Å². The van der Waals surface area contributed by atoms with Crippen LogP contribution in [0.2, 0.25) is 0 Å². The molecule has 152 valence electrons. The first-order chi connectivity index (χ1) is 13.5. The summed E-state index contributed by atoms with van der Waals surface area (Å²) < 4.78 is 38.6. The van der Waals surface area contributed by atoms with Crippen LogP contribution in [-0.2, 0) is 11.0 Å². The minimum atomic E-state index is -5.01. The Morgan fingerprint density at radius 2 is 1.59 bits per heavy atom. The number of hydrogen-bond donors (Lipinski definition) is 2. The number of alkyl halides is 3. The summed E-state index contributed by atoms with van der Waals surface area (Å²) in [5.74, 6) is -0.282. The molecule has 2 aromatic carbocycles. The van der Waals surface area contributed by atoms with Gasteiger partial charge in [0.05, 0.1) is 21.6 Å². The van der Waals surface area contributed by atoms with E-state index in [-0.39, 0.29) is 18.0 Å². The summed E-state index contributed by atoms with van der Waals surface area (Å²) in [5.41, 5.74) is -1.61. The zero-order chi connectivity index (χ0) is 21.8. The van der Waals surface area contributed by atoms with Crippen LogP contribution in [0.3, 0.4) is 0 Å². The van der Waals surface area contributed by atoms with Gasteiger partial charge in [0.1, 0.15) is 0 Å². The third-order valence-corrected chi connectivity index (χ3v) is 3.44. The van der Waals surface area contributed by atoms with Gasteiger partial charge in [-0.2, -0.15) is 18.3 Å². The van der Waals surface area contributed by atoms with Gasteiger partial charge in [0.2, 0.25) is 11.6 Å². The number of amides is 1. The highest BCUT2D eigenvalue weighted by Crippen LogP contribution is 2.41. The first kappa shape index (κ1) is 21.3. The maximum Gasteiger partial charge on any atom is 0.416 e. The van der Waals surface area contributed by atoms with Gasteiger partial charge in [-0.1, -0.05) is 12.1 Å². The molecule has 0 atom stereocenters. The monoisotopic (exact) mass is 411 g/mol. The van der Waals surface area contributed by atoms with Gasteiger partial charge in [-0.15, -0.1) is 0 Å². The van der Waals surface area contributed by atoms with Gasteiger partial charge >= 0.3 is 17.6 Å². The molecule has 0 radical (unpaired) electrons. The maximum absolute atomic E-state index is 12.9. The summed E-state index contributed by atoms with van der Waals surface area (Å²) in [4.78, 5) is 30.8. The van der Waals surface area contributed by atoms with E-state index in [1.54, 1.807) is 0 Å². The molecule has 0 bridgehead atoms. The lowest BCUT2D eigenvalue weighted by Crippen LogP contribution is -2.09. The summed E-state index contributed by atoms with van der Waals surface area (Å²) in [5, 5.41) is 28.4. The van der Waals surface area contributed by atoms with Gasteiger partial charge in [-0.05, 0) is 17.7 Å². The van der Waals surface area contributed by atoms with E-state index in [4.69, 9.17) is 0 Å². The number of halogens is 3. The highest BCUT2D eigenvalue weighted by molar-refractivity contribution is 5.89. The Kier molecular flexibility index (Phi) is 6.11. The second kappa shape index (κ2) is 8.33. The molecule has 10 nitrogen and oxygen atoms in total. The average molecular weight is 411 g/mol. The van der Waals surface area contributed by atoms with Crippen molar-refractivity contribution in [3.63, 3.8) is 0 Å². The number of carbonyl (C=O) groups excluding carboxylic acids is 1. The summed E-state index contributed by atoms with van der Waals surface area (Å²) in [6, 6.07) is 6.48. The lowest BCUT2D eigenvalue weighted by molar-refractivity contribution is -0.392. The number of benzene rings is 2. The molecule has 0 aliphatic heterocycles. The van der Waals surface area contributed by atoms with Crippen LogP contribution in [0.5, 0.6) is 0 Å². The summed E-state index contributed by atoms with van der Waals surface area (Å²) in [6.45, 7) is 1.32. The van der Waals surface area contributed by atoms with E-state index in [1.807, 2.05) is 0 Å². The van der Waals surface area contributed by atoms with Crippen LogP contribution >= 0.6 is 0 Å². The van der Waals surface area contributed by atoms with Crippen molar-refractivity contribution in [1.82, 2.24) is 0 Å². The van der Waals surface area contributed by atoms with Crippen LogP contribution in [0.1, 0.15) is 18.1 Å². The number of nitrogens with zero attached hydrogens (tertiary/aromatic N) is 3. The van der Waals surface area contributed by atoms with Crippen LogP contribution in [0.4, 0.5) is 35.9 Å². The number of hydrogen-bond acceptors (Lipinski definition) is 7. The van der Waals surface area contributed by atoms with E-state index >= 15 is 0 Å². The molecule has 0 fully saturated rings. The Morgan fingerprint density at radius 3 is 2.00 bits per heavy atom. The Morgan fingerprint density at radius 1 is 1.07 bits per heavy atom. The first-order valence-corrected chi connectivity index (χ1v) is 7.70. The smallest absolute Gasteiger partial charge is 0.326 e. The van der Waals surface area contributed by atoms with E-state index in [9.17, 15) is 38.2 Å². The normalized spacial score (nSPS) is 11.3. The van der Waals surface area contributed by atoms with E-state index in [1.165, 1.54) is 31.2 Å². The van der Waals surface area contributed by atoms with Gasteiger partial charge in [0, 0.05) is 24.7 Å². The van der Waals surface area contributed by atoms with Gasteiger partial charge in [0.15, 0.2) is 0 Å². The second-order valence-electron chi connectivity index (χ2n) is 5.57. The fourth-order valence-corrected chi connectivity index (χ4v) is 2.21. The molecule has 29 heavy (non-hydrogen) atoms. The summed E-state index contributed by atoms with van der Waals surface area (Å²) in [7, 11) is 0. The molecule has 2 aromatic rings. The Labute approximate surface area is 160 Å². The molecule has 0 saturated heterocycles. The van der Waals surface area contributed by atoms with E-state index < -0.39 is 38.6 Å². The van der Waals surface area contributed by atoms with Crippen molar-refractivity contribution < 1.29 is 27.8 Å². The van der Waals surface area contributed by atoms with Crippen LogP contribution in [-0.4, -0.2) is 22.0 Å². The molecule has 13 heteroatoms. The average Bonchev–Trinajstić information content (AvgIpc) is 2.61. The van der Waals surface area contributed by atoms with Crippen molar-refractivity contribution in [2.24, 2.45) is 5.10 Å². The number of nitro groups is 2. The standard InChI is InChI=1S/C16H12F3N5O5/c1-9(25)21-12-4-2-10(3-5-12)8-20-22-15-13(23(26)27)6-11(16(17,18)19)7-14(15)24(28)29/h2-8,22H,1H3,(H,21,25)/b20-8-. The Hall–Kier alpha value is -4.03. The topological polar surface area (TPSA) is 140 Å². The molecule has 0 spiro atoms. The molecular formula is C16H12F3N5O5. The van der Waals surface area contributed by atoms with Crippen molar-refractivity contribution in [2.75, 3.05) is 10.7 Å². The highest BCUT2D eigenvalue weighted by atomic mass is 19.4. The number of nitro benzene ring substituents is 2. The van der Waals surface area contributed by atoms with Gasteiger partial charge in [-0.25, -0.2) is 0 Å². The predicted octanol–water partition coefficient (Wildman–Crippen LogP) is 3.93. The lowest BCUT2D eigenvalue weighted by atomic mass is 10.1. The van der Waals surface area contributed by atoms with Crippen molar-refractivity contribution in [3.8, 4) is 0 Å². The third kappa shape index (κ3) is 5.47. The molecular weight excluding hydrogens is 399 g/mol. The highest BCUT2D eigenvalue weighted by Gasteiger charge is 2.37. The molecule has 0 aliphatic rings. The van der Waals surface area contributed by atoms with Crippen LogP contribution in [0, 0.1) is 20.2 Å². The van der Waals surface area contributed by atoms with Gasteiger partial charge in [-0.3, -0.25) is 30.4 Å². The lowest BCUT2D eigenvalue weighted by Gasteiger charge is -2.09. The summed E-state index contributed by atoms with van der Waals surface area (Å²) in [6.07, 6.45) is -3.87. The van der Waals surface area contributed by atoms with Crippen molar-refractivity contribution in [3.05, 3.63) is 67.8 Å². The number of nitrogens with one attached hydrogen (secondary N) is 2. The minimum Gasteiger partial charge on any atom is -0.326 e. The summed E-state index contributed by atoms with van der Waals surface area (Å²) >= 11 is 0. The second-order valence-corrected chi connectivity index (χ2v) is 5.57. The van der Waals surface area contributed by atoms with Gasteiger partial charge in [0.25, 0.3) is 0 Å². The molecule has 2 N–H and O–H groups in total. The molecule has 0 aromatic heterocycles. The van der Waals surface area contributed by atoms with E-state index in [0.717, 1.165) is 6.21 Å². The molecule has 1 amide bonds. The molecule has 0 saturated carbocycles. The fourth-order valence-electron chi connectivity index (χ4n) is 2.21. The molecule has 0 unspecified atom stereocenters. The number of rotatable bonds is 6. The van der Waals surface area contributed by atoms with Crippen LogP contribution < -0.4 is 10.7 Å². The minimum absolute atomic E-state index is 0.188. The third-order valence-electron chi connectivity index (χ3n) is 3.44. The van der Waals surface area contributed by atoms with Crippen molar-refractivity contribution in [1.29, 1.82) is 0 Å². The van der Waals surface area contributed by atoms with E-state index in [0.29, 0.717) is 11.3 Å². The molecule has 0 aliphatic carbocycles. The molecule has 0 heterocycles. The fraction of sp³-hybridized carbons (Fsp3) is 0.125. The number of hydrazone groups is 1. The zero-order valence-electron chi connectivity index (χ0n) is 14.6. The number of carbonyl (C=O) groups is 1. The quantitative estimate of drug-likeness (QED) is 0.419. The Bertz CT molecular complexity index is 954. The van der Waals surface area contributed by atoms with Gasteiger partial charge < -0.3 is 5.32 Å². The van der Waals surface area contributed by atoms with Crippen molar-refractivity contribution in [2.45, 2.75) is 13.1 Å². The van der Waals surface area contributed by atoms with Crippen molar-refractivity contribution >= 4 is 34.9 Å². The predicted molar refractivity (Wildman–Crippen MR) is 96.7 cm³/mol. The first-order valence-electron chi connectivity index (χ1n) is 7.70. The maximum atomic E-state index is 12.9. The molecule has 2 rings (SSSR count). The zero-order valence-corrected chi connectivity index (χ0v) is 14.6. The van der Waals surface area contributed by atoms with Crippen LogP contribution in [0.25, 0.3) is 0 Å². The van der Waals surface area contributed by atoms with E-state index in [2.05, 4.69) is 15.8 Å². The SMILES string of the molecule is CC(=O)Nc1ccc(/C=N\Nc2c([N+](=O)[O-])cc(C(F)(F)F)cc2[N+](=O)[O-])cc1.